The van der Waals surface area contributed by atoms with Crippen LogP contribution in [0.25, 0.3) is 0 Å². The third-order valence-corrected chi connectivity index (χ3v) is 4.10. The zero-order valence-corrected chi connectivity index (χ0v) is 12.1. The molecular formula is C13H18N2O4S. The molecule has 0 radical (unpaired) electrons. The van der Waals surface area contributed by atoms with Gasteiger partial charge in [0.05, 0.1) is 12.3 Å². The van der Waals surface area contributed by atoms with E-state index in [9.17, 15) is 13.2 Å². The van der Waals surface area contributed by atoms with Crippen molar-refractivity contribution in [2.24, 2.45) is 0 Å². The second kappa shape index (κ2) is 6.13. The van der Waals surface area contributed by atoms with E-state index in [0.717, 1.165) is 25.1 Å². The number of carbonyl (C=O) groups excluding carboxylic acids is 1. The predicted octanol–water partition coefficient (Wildman–Crippen LogP) is 1.35. The molecule has 1 aromatic rings. The third kappa shape index (κ3) is 3.86. The lowest BCUT2D eigenvalue weighted by Crippen LogP contribution is -2.24. The van der Waals surface area contributed by atoms with Crippen molar-refractivity contribution in [2.45, 2.75) is 19.8 Å². The van der Waals surface area contributed by atoms with Crippen LogP contribution in [0.3, 0.4) is 0 Å². The first kappa shape index (κ1) is 14.6. The van der Waals surface area contributed by atoms with Gasteiger partial charge in [0, 0.05) is 12.2 Å². The summed E-state index contributed by atoms with van der Waals surface area (Å²) in [6.07, 6.45) is 2.05. The molecular weight excluding hydrogens is 280 g/mol. The van der Waals surface area contributed by atoms with Gasteiger partial charge in [0.1, 0.15) is 0 Å². The normalized spacial score (nSPS) is 14.1. The molecule has 20 heavy (non-hydrogen) atoms. The molecule has 0 saturated heterocycles. The van der Waals surface area contributed by atoms with Crippen LogP contribution in [-0.2, 0) is 26.0 Å². The van der Waals surface area contributed by atoms with Crippen molar-refractivity contribution in [3.8, 4) is 0 Å². The van der Waals surface area contributed by atoms with E-state index in [2.05, 4.69) is 14.8 Å². The first-order chi connectivity index (χ1) is 9.50. The molecule has 0 atom stereocenters. The van der Waals surface area contributed by atoms with Crippen molar-refractivity contribution < 1.29 is 17.9 Å². The first-order valence-electron chi connectivity index (χ1n) is 6.53. The zero-order chi connectivity index (χ0) is 14.6. The second-order valence-corrected chi connectivity index (χ2v) is 6.29. The van der Waals surface area contributed by atoms with E-state index in [1.807, 2.05) is 6.07 Å². The monoisotopic (exact) mass is 298 g/mol. The van der Waals surface area contributed by atoms with Gasteiger partial charge in [0.2, 0.25) is 10.0 Å². The third-order valence-electron chi connectivity index (χ3n) is 2.93. The number of carbonyl (C=O) groups is 1. The minimum Gasteiger partial charge on any atom is -0.465 e. The molecule has 0 saturated carbocycles. The molecule has 1 aliphatic heterocycles. The van der Waals surface area contributed by atoms with E-state index in [1.165, 1.54) is 5.56 Å². The molecule has 1 aliphatic rings. The lowest BCUT2D eigenvalue weighted by atomic mass is 10.0. The summed E-state index contributed by atoms with van der Waals surface area (Å²) in [5, 5.41) is 3.22. The van der Waals surface area contributed by atoms with Crippen LogP contribution in [0.15, 0.2) is 18.2 Å². The Morgan fingerprint density at radius 2 is 2.25 bits per heavy atom. The molecule has 0 unspecified atom stereocenters. The minimum atomic E-state index is -3.73. The maximum Gasteiger partial charge on any atom is 0.323 e. The quantitative estimate of drug-likeness (QED) is 0.802. The Labute approximate surface area is 118 Å². The van der Waals surface area contributed by atoms with Crippen LogP contribution in [-0.4, -0.2) is 33.3 Å². The van der Waals surface area contributed by atoms with Crippen LogP contribution in [0, 0.1) is 0 Å². The molecule has 7 heteroatoms. The summed E-state index contributed by atoms with van der Waals surface area (Å²) in [6.45, 7) is 2.68. The predicted molar refractivity (Wildman–Crippen MR) is 77.3 cm³/mol. The smallest absolute Gasteiger partial charge is 0.323 e. The standard InChI is InChI=1S/C13H18N2O4S/c1-2-19-13(16)9-20(17,18)15-11-6-5-10-4-3-7-14-12(10)8-11/h5-6,8,14-15H,2-4,7,9H2,1H3. The molecule has 0 aromatic heterocycles. The SMILES string of the molecule is CCOC(=O)CS(=O)(=O)Nc1ccc2c(c1)NCCC2. The van der Waals surface area contributed by atoms with E-state index in [-0.39, 0.29) is 6.61 Å². The molecule has 1 heterocycles. The number of nitrogens with one attached hydrogen (secondary N) is 2. The minimum absolute atomic E-state index is 0.164. The summed E-state index contributed by atoms with van der Waals surface area (Å²) in [7, 11) is -3.73. The molecule has 1 aromatic carbocycles. The highest BCUT2D eigenvalue weighted by Gasteiger charge is 2.18. The molecule has 0 bridgehead atoms. The Hall–Kier alpha value is -1.76. The Bertz CT molecular complexity index is 598. The van der Waals surface area contributed by atoms with E-state index >= 15 is 0 Å². The Morgan fingerprint density at radius 3 is 3.00 bits per heavy atom. The van der Waals surface area contributed by atoms with Crippen molar-refractivity contribution in [3.63, 3.8) is 0 Å². The van der Waals surface area contributed by atoms with Gasteiger partial charge in [-0.05, 0) is 37.5 Å². The van der Waals surface area contributed by atoms with Gasteiger partial charge in [-0.25, -0.2) is 8.42 Å². The van der Waals surface area contributed by atoms with Gasteiger partial charge in [-0.3, -0.25) is 9.52 Å². The number of anilines is 2. The average molecular weight is 298 g/mol. The van der Waals surface area contributed by atoms with Gasteiger partial charge in [0.25, 0.3) is 0 Å². The number of aryl methyl sites for hydroxylation is 1. The van der Waals surface area contributed by atoms with Crippen molar-refractivity contribution in [2.75, 3.05) is 28.9 Å². The highest BCUT2D eigenvalue weighted by Crippen LogP contribution is 2.25. The number of ether oxygens (including phenoxy) is 1. The van der Waals surface area contributed by atoms with Crippen molar-refractivity contribution >= 4 is 27.4 Å². The highest BCUT2D eigenvalue weighted by molar-refractivity contribution is 7.93. The van der Waals surface area contributed by atoms with E-state index < -0.39 is 21.7 Å². The Morgan fingerprint density at radius 1 is 1.45 bits per heavy atom. The van der Waals surface area contributed by atoms with Crippen LogP contribution in [0.4, 0.5) is 11.4 Å². The fourth-order valence-electron chi connectivity index (χ4n) is 2.10. The lowest BCUT2D eigenvalue weighted by Gasteiger charge is -2.19. The Kier molecular flexibility index (Phi) is 4.49. The molecule has 0 amide bonds. The van der Waals surface area contributed by atoms with Gasteiger partial charge >= 0.3 is 5.97 Å². The van der Waals surface area contributed by atoms with Gasteiger partial charge in [0.15, 0.2) is 5.75 Å². The van der Waals surface area contributed by atoms with Gasteiger partial charge in [-0.1, -0.05) is 6.07 Å². The van der Waals surface area contributed by atoms with Gasteiger partial charge < -0.3 is 10.1 Å². The highest BCUT2D eigenvalue weighted by atomic mass is 32.2. The molecule has 0 spiro atoms. The number of hydrogen-bond acceptors (Lipinski definition) is 5. The van der Waals surface area contributed by atoms with E-state index in [0.29, 0.717) is 5.69 Å². The number of esters is 1. The van der Waals surface area contributed by atoms with Crippen LogP contribution in [0.2, 0.25) is 0 Å². The van der Waals surface area contributed by atoms with Crippen molar-refractivity contribution in [3.05, 3.63) is 23.8 Å². The largest absolute Gasteiger partial charge is 0.465 e. The number of benzene rings is 1. The Balaban J connectivity index is 2.07. The number of rotatable bonds is 5. The molecule has 110 valence electrons. The van der Waals surface area contributed by atoms with Crippen molar-refractivity contribution in [1.29, 1.82) is 0 Å². The topological polar surface area (TPSA) is 84.5 Å². The van der Waals surface area contributed by atoms with Gasteiger partial charge in [-0.15, -0.1) is 0 Å². The summed E-state index contributed by atoms with van der Waals surface area (Å²) in [4.78, 5) is 11.2. The zero-order valence-electron chi connectivity index (χ0n) is 11.3. The summed E-state index contributed by atoms with van der Waals surface area (Å²) >= 11 is 0. The first-order valence-corrected chi connectivity index (χ1v) is 8.18. The van der Waals surface area contributed by atoms with E-state index in [1.54, 1.807) is 19.1 Å². The number of fused-ring (bicyclic) bond motifs is 1. The molecule has 2 N–H and O–H groups in total. The molecule has 0 aliphatic carbocycles. The second-order valence-electron chi connectivity index (χ2n) is 4.57. The molecule has 6 nitrogen and oxygen atoms in total. The van der Waals surface area contributed by atoms with Crippen LogP contribution >= 0.6 is 0 Å². The summed E-state index contributed by atoms with van der Waals surface area (Å²) in [5.41, 5.74) is 2.56. The maximum atomic E-state index is 11.8. The summed E-state index contributed by atoms with van der Waals surface area (Å²) < 4.78 is 30.7. The van der Waals surface area contributed by atoms with Crippen LogP contribution in [0.1, 0.15) is 18.9 Å². The maximum absolute atomic E-state index is 11.8. The lowest BCUT2D eigenvalue weighted by molar-refractivity contribution is -0.139. The summed E-state index contributed by atoms with van der Waals surface area (Å²) in [6, 6.07) is 5.34. The number of sulfonamides is 1. The van der Waals surface area contributed by atoms with Crippen molar-refractivity contribution in [1.82, 2.24) is 0 Å². The summed E-state index contributed by atoms with van der Waals surface area (Å²) in [5.74, 6) is -1.43. The van der Waals surface area contributed by atoms with E-state index in [4.69, 9.17) is 0 Å². The molecule has 0 fully saturated rings. The van der Waals surface area contributed by atoms with Gasteiger partial charge in [-0.2, -0.15) is 0 Å². The fourth-order valence-corrected chi connectivity index (χ4v) is 3.05. The van der Waals surface area contributed by atoms with Crippen LogP contribution in [0.5, 0.6) is 0 Å². The molecule has 2 rings (SSSR count). The van der Waals surface area contributed by atoms with Crippen LogP contribution < -0.4 is 10.0 Å². The number of hydrogen-bond donors (Lipinski definition) is 2. The fraction of sp³-hybridized carbons (Fsp3) is 0.462. The average Bonchev–Trinajstić information content (AvgIpc) is 2.37.